The van der Waals surface area contributed by atoms with Gasteiger partial charge in [0.05, 0.1) is 19.4 Å². The SMILES string of the molecule is COc1cc(OCCCN(C)C)c(F)cc1N. The van der Waals surface area contributed by atoms with Crippen LogP contribution in [0.15, 0.2) is 12.1 Å². The summed E-state index contributed by atoms with van der Waals surface area (Å²) in [5.74, 6) is 0.136. The zero-order chi connectivity index (χ0) is 12.8. The van der Waals surface area contributed by atoms with Crippen LogP contribution in [0.3, 0.4) is 0 Å². The first-order chi connectivity index (χ1) is 8.04. The minimum Gasteiger partial charge on any atom is -0.494 e. The molecular weight excluding hydrogens is 223 g/mol. The van der Waals surface area contributed by atoms with E-state index in [4.69, 9.17) is 15.2 Å². The van der Waals surface area contributed by atoms with Gasteiger partial charge in [0.25, 0.3) is 0 Å². The summed E-state index contributed by atoms with van der Waals surface area (Å²) >= 11 is 0. The number of nitrogens with zero attached hydrogens (tertiary/aromatic N) is 1. The summed E-state index contributed by atoms with van der Waals surface area (Å²) in [6.45, 7) is 1.36. The van der Waals surface area contributed by atoms with Gasteiger partial charge in [-0.3, -0.25) is 0 Å². The molecule has 0 saturated carbocycles. The van der Waals surface area contributed by atoms with Gasteiger partial charge in [-0.2, -0.15) is 0 Å². The van der Waals surface area contributed by atoms with Gasteiger partial charge in [-0.15, -0.1) is 0 Å². The monoisotopic (exact) mass is 242 g/mol. The van der Waals surface area contributed by atoms with E-state index in [1.807, 2.05) is 19.0 Å². The van der Waals surface area contributed by atoms with Crippen molar-refractivity contribution in [3.63, 3.8) is 0 Å². The van der Waals surface area contributed by atoms with Crippen LogP contribution < -0.4 is 15.2 Å². The van der Waals surface area contributed by atoms with Crippen LogP contribution in [-0.2, 0) is 0 Å². The minimum atomic E-state index is -0.465. The number of benzene rings is 1. The Labute approximate surface area is 101 Å². The molecule has 1 aromatic carbocycles. The number of halogens is 1. The zero-order valence-corrected chi connectivity index (χ0v) is 10.5. The van der Waals surface area contributed by atoms with Crippen molar-refractivity contribution < 1.29 is 13.9 Å². The lowest BCUT2D eigenvalue weighted by molar-refractivity contribution is 0.269. The van der Waals surface area contributed by atoms with E-state index in [9.17, 15) is 4.39 Å². The molecule has 4 nitrogen and oxygen atoms in total. The number of hydrogen-bond donors (Lipinski definition) is 1. The van der Waals surface area contributed by atoms with E-state index in [0.717, 1.165) is 13.0 Å². The van der Waals surface area contributed by atoms with Gasteiger partial charge in [-0.1, -0.05) is 0 Å². The standard InChI is InChI=1S/C12H19FN2O2/c1-15(2)5-4-6-17-11-8-12(16-3)10(14)7-9(11)13/h7-8H,4-6,14H2,1-3H3. The third kappa shape index (κ3) is 4.11. The fourth-order valence-corrected chi connectivity index (χ4v) is 1.40. The zero-order valence-electron chi connectivity index (χ0n) is 10.5. The Bertz CT molecular complexity index is 370. The first kappa shape index (κ1) is 13.6. The molecule has 5 heteroatoms. The number of ether oxygens (including phenoxy) is 2. The second kappa shape index (κ2) is 6.30. The van der Waals surface area contributed by atoms with Gasteiger partial charge in [0.15, 0.2) is 11.6 Å². The Kier molecular flexibility index (Phi) is 5.03. The van der Waals surface area contributed by atoms with Crippen LogP contribution >= 0.6 is 0 Å². The van der Waals surface area contributed by atoms with Gasteiger partial charge in [0.1, 0.15) is 5.75 Å². The molecule has 0 aliphatic carbocycles. The molecular formula is C12H19FN2O2. The number of anilines is 1. The predicted molar refractivity (Wildman–Crippen MR) is 66.0 cm³/mol. The highest BCUT2D eigenvalue weighted by molar-refractivity contribution is 5.56. The van der Waals surface area contributed by atoms with Crippen molar-refractivity contribution in [3.8, 4) is 11.5 Å². The van der Waals surface area contributed by atoms with Crippen molar-refractivity contribution in [1.82, 2.24) is 4.90 Å². The molecule has 0 fully saturated rings. The largest absolute Gasteiger partial charge is 0.494 e. The molecule has 0 bridgehead atoms. The topological polar surface area (TPSA) is 47.7 Å². The smallest absolute Gasteiger partial charge is 0.167 e. The van der Waals surface area contributed by atoms with Crippen LogP contribution in [0.2, 0.25) is 0 Å². The molecule has 0 aliphatic heterocycles. The van der Waals surface area contributed by atoms with E-state index >= 15 is 0 Å². The summed E-state index contributed by atoms with van der Waals surface area (Å²) in [7, 11) is 5.44. The lowest BCUT2D eigenvalue weighted by Gasteiger charge is -2.12. The van der Waals surface area contributed by atoms with Gasteiger partial charge in [-0.05, 0) is 20.5 Å². The van der Waals surface area contributed by atoms with Gasteiger partial charge in [0, 0.05) is 18.7 Å². The van der Waals surface area contributed by atoms with Crippen LogP contribution in [0.5, 0.6) is 11.5 Å². The molecule has 2 N–H and O–H groups in total. The van der Waals surface area contributed by atoms with Crippen molar-refractivity contribution in [1.29, 1.82) is 0 Å². The molecule has 96 valence electrons. The second-order valence-corrected chi connectivity index (χ2v) is 4.03. The molecule has 0 atom stereocenters. The molecule has 0 spiro atoms. The lowest BCUT2D eigenvalue weighted by atomic mass is 10.2. The Balaban J connectivity index is 2.58. The molecule has 17 heavy (non-hydrogen) atoms. The third-order valence-corrected chi connectivity index (χ3v) is 2.29. The van der Waals surface area contributed by atoms with Crippen LogP contribution in [0, 0.1) is 5.82 Å². The van der Waals surface area contributed by atoms with E-state index in [2.05, 4.69) is 0 Å². The Morgan fingerprint density at radius 3 is 2.59 bits per heavy atom. The molecule has 0 radical (unpaired) electrons. The van der Waals surface area contributed by atoms with Gasteiger partial charge in [-0.25, -0.2) is 4.39 Å². The van der Waals surface area contributed by atoms with Gasteiger partial charge < -0.3 is 20.1 Å². The Morgan fingerprint density at radius 1 is 1.29 bits per heavy atom. The summed E-state index contributed by atoms with van der Waals surface area (Å²) in [4.78, 5) is 2.04. The van der Waals surface area contributed by atoms with E-state index < -0.39 is 5.82 Å². The molecule has 0 aromatic heterocycles. The molecule has 0 unspecified atom stereocenters. The van der Waals surface area contributed by atoms with Crippen LogP contribution in [-0.4, -0.2) is 39.3 Å². The Hall–Kier alpha value is -1.49. The average molecular weight is 242 g/mol. The number of nitrogen functional groups attached to an aromatic ring is 1. The Morgan fingerprint density at radius 2 is 2.00 bits per heavy atom. The second-order valence-electron chi connectivity index (χ2n) is 4.03. The van der Waals surface area contributed by atoms with E-state index in [1.54, 1.807) is 0 Å². The quantitative estimate of drug-likeness (QED) is 0.610. The summed E-state index contributed by atoms with van der Waals surface area (Å²) < 4.78 is 23.8. The van der Waals surface area contributed by atoms with Crippen LogP contribution in [0.25, 0.3) is 0 Å². The van der Waals surface area contributed by atoms with Gasteiger partial charge >= 0.3 is 0 Å². The van der Waals surface area contributed by atoms with Crippen LogP contribution in [0.4, 0.5) is 10.1 Å². The minimum absolute atomic E-state index is 0.176. The molecule has 0 amide bonds. The van der Waals surface area contributed by atoms with Crippen molar-refractivity contribution in [2.24, 2.45) is 0 Å². The molecule has 0 aliphatic rings. The maximum absolute atomic E-state index is 13.5. The molecule has 1 aromatic rings. The number of methoxy groups -OCH3 is 1. The van der Waals surface area contributed by atoms with Crippen molar-refractivity contribution in [2.45, 2.75) is 6.42 Å². The third-order valence-electron chi connectivity index (χ3n) is 2.29. The molecule has 1 rings (SSSR count). The fraction of sp³-hybridized carbons (Fsp3) is 0.500. The van der Waals surface area contributed by atoms with Crippen molar-refractivity contribution in [2.75, 3.05) is 40.1 Å². The highest BCUT2D eigenvalue weighted by Crippen LogP contribution is 2.29. The maximum Gasteiger partial charge on any atom is 0.167 e. The normalized spacial score (nSPS) is 10.6. The highest BCUT2D eigenvalue weighted by Gasteiger charge is 2.09. The van der Waals surface area contributed by atoms with Crippen molar-refractivity contribution in [3.05, 3.63) is 17.9 Å². The lowest BCUT2D eigenvalue weighted by Crippen LogP contribution is -2.15. The summed E-state index contributed by atoms with van der Waals surface area (Å²) in [5.41, 5.74) is 5.84. The van der Waals surface area contributed by atoms with Gasteiger partial charge in [0.2, 0.25) is 0 Å². The van der Waals surface area contributed by atoms with Crippen LogP contribution in [0.1, 0.15) is 6.42 Å². The maximum atomic E-state index is 13.5. The summed E-state index contributed by atoms with van der Waals surface area (Å²) in [6.07, 6.45) is 0.832. The van der Waals surface area contributed by atoms with E-state index in [-0.39, 0.29) is 11.4 Å². The van der Waals surface area contributed by atoms with E-state index in [0.29, 0.717) is 12.4 Å². The number of rotatable bonds is 6. The first-order valence-electron chi connectivity index (χ1n) is 5.45. The molecule has 0 heterocycles. The first-order valence-corrected chi connectivity index (χ1v) is 5.45. The summed E-state index contributed by atoms with van der Waals surface area (Å²) in [5, 5.41) is 0. The number of hydrogen-bond acceptors (Lipinski definition) is 4. The van der Waals surface area contributed by atoms with E-state index in [1.165, 1.54) is 19.2 Å². The molecule has 0 saturated heterocycles. The predicted octanol–water partition coefficient (Wildman–Crippen LogP) is 1.75. The summed E-state index contributed by atoms with van der Waals surface area (Å²) in [6, 6.07) is 2.68. The van der Waals surface area contributed by atoms with Crippen molar-refractivity contribution >= 4 is 5.69 Å². The fourth-order valence-electron chi connectivity index (χ4n) is 1.40. The number of nitrogens with two attached hydrogens (primary N) is 1. The average Bonchev–Trinajstić information content (AvgIpc) is 2.26. The highest BCUT2D eigenvalue weighted by atomic mass is 19.1.